The second-order valence-electron chi connectivity index (χ2n) is 7.68. The molecule has 0 fully saturated rings. The van der Waals surface area contributed by atoms with E-state index in [4.69, 9.17) is 4.99 Å². The van der Waals surface area contributed by atoms with E-state index in [0.717, 1.165) is 22.3 Å². The Bertz CT molecular complexity index is 1240. The molecule has 0 saturated carbocycles. The Morgan fingerprint density at radius 2 is 1.00 bits per heavy atom. The molecule has 0 heterocycles. The van der Waals surface area contributed by atoms with Crippen LogP contribution in [-0.4, -0.2) is 20.3 Å². The van der Waals surface area contributed by atoms with Crippen molar-refractivity contribution in [3.63, 3.8) is 0 Å². The first-order valence-electron chi connectivity index (χ1n) is 10.6. The van der Waals surface area contributed by atoms with Crippen molar-refractivity contribution in [1.29, 1.82) is 0 Å². The van der Waals surface area contributed by atoms with Crippen LogP contribution in [0.5, 0.6) is 0 Å². The highest BCUT2D eigenvalue weighted by atomic mass is 32.2. The summed E-state index contributed by atoms with van der Waals surface area (Å²) < 4.78 is 25.1. The maximum Gasteiger partial charge on any atom is 0.175 e. The fraction of sp³-hybridized carbons (Fsp3) is 0.107. The van der Waals surface area contributed by atoms with E-state index in [9.17, 15) is 8.42 Å². The van der Waals surface area contributed by atoms with Crippen LogP contribution in [0.2, 0.25) is 0 Å². The average molecular weight is 453 g/mol. The molecule has 0 spiro atoms. The minimum atomic E-state index is -3.44. The quantitative estimate of drug-likeness (QED) is 0.253. The van der Waals surface area contributed by atoms with Gasteiger partial charge in [0, 0.05) is 0 Å². The maximum absolute atomic E-state index is 12.6. The largest absolute Gasteiger partial charge is 0.227 e. The van der Waals surface area contributed by atoms with E-state index >= 15 is 0 Å². The van der Waals surface area contributed by atoms with Crippen molar-refractivity contribution in [1.82, 2.24) is 0 Å². The summed E-state index contributed by atoms with van der Waals surface area (Å²) in [6.07, 6.45) is 0. The van der Waals surface area contributed by atoms with Gasteiger partial charge in [-0.15, -0.1) is 0 Å². The van der Waals surface area contributed by atoms with Gasteiger partial charge in [0.05, 0.1) is 11.8 Å². The van der Waals surface area contributed by atoms with Gasteiger partial charge in [0.2, 0.25) is 0 Å². The zero-order valence-electron chi connectivity index (χ0n) is 18.1. The van der Waals surface area contributed by atoms with Crippen LogP contribution in [-0.2, 0) is 21.1 Å². The molecule has 164 valence electrons. The number of nitrogens with zero attached hydrogens (tertiary/aromatic N) is 2. The third kappa shape index (κ3) is 5.35. The van der Waals surface area contributed by atoms with E-state index in [2.05, 4.69) is 11.0 Å². The number of sulfone groups is 1. The van der Waals surface area contributed by atoms with Gasteiger partial charge in [0.15, 0.2) is 15.7 Å². The Kier molecular flexibility index (Phi) is 6.94. The van der Waals surface area contributed by atoms with Crippen molar-refractivity contribution in [2.45, 2.75) is 11.3 Å². The molecule has 0 aliphatic carbocycles. The van der Waals surface area contributed by atoms with Crippen molar-refractivity contribution >= 4 is 15.8 Å². The molecule has 0 bridgehead atoms. The van der Waals surface area contributed by atoms with E-state index in [-0.39, 0.29) is 11.6 Å². The van der Waals surface area contributed by atoms with Crippen molar-refractivity contribution in [2.75, 3.05) is 5.88 Å². The predicted octanol–water partition coefficient (Wildman–Crippen LogP) is 5.72. The van der Waals surface area contributed by atoms with E-state index in [1.165, 1.54) is 0 Å². The van der Waals surface area contributed by atoms with Gasteiger partial charge in [-0.1, -0.05) is 121 Å². The molecule has 4 rings (SSSR count). The summed E-state index contributed by atoms with van der Waals surface area (Å²) in [6, 6.07) is 41.6. The lowest BCUT2D eigenvalue weighted by Crippen LogP contribution is -2.27. The molecule has 0 N–H and O–H groups in total. The predicted molar refractivity (Wildman–Crippen MR) is 133 cm³/mol. The molecule has 0 radical (unpaired) electrons. The van der Waals surface area contributed by atoms with Gasteiger partial charge in [0.1, 0.15) is 5.54 Å². The first-order valence-corrected chi connectivity index (χ1v) is 12.5. The van der Waals surface area contributed by atoms with Crippen LogP contribution in [0.3, 0.4) is 0 Å². The minimum Gasteiger partial charge on any atom is -0.227 e. The van der Waals surface area contributed by atoms with Crippen molar-refractivity contribution in [3.05, 3.63) is 144 Å². The van der Waals surface area contributed by atoms with E-state index in [0.29, 0.717) is 0 Å². The van der Waals surface area contributed by atoms with Gasteiger partial charge in [-0.25, -0.2) is 18.4 Å². The summed E-state index contributed by atoms with van der Waals surface area (Å²) in [5, 5.41) is 0. The van der Waals surface area contributed by atoms with Crippen LogP contribution in [0, 0.1) is 0 Å². The van der Waals surface area contributed by atoms with Gasteiger partial charge in [-0.2, -0.15) is 0 Å². The monoisotopic (exact) mass is 452 g/mol. The van der Waals surface area contributed by atoms with E-state index in [1.54, 1.807) is 12.1 Å². The van der Waals surface area contributed by atoms with Crippen LogP contribution in [0.1, 0.15) is 22.3 Å². The normalized spacial score (nSPS) is 11.4. The SMILES string of the molecule is O=S(=O)(CN=C=NC(c1ccccc1)(c1ccccc1)c1ccccc1)Cc1ccccc1. The molecule has 4 aromatic rings. The fourth-order valence-electron chi connectivity index (χ4n) is 3.84. The highest BCUT2D eigenvalue weighted by molar-refractivity contribution is 7.90. The summed E-state index contributed by atoms with van der Waals surface area (Å²) in [6.45, 7) is 0. The number of rotatable bonds is 8. The number of hydrogen-bond acceptors (Lipinski definition) is 4. The smallest absolute Gasteiger partial charge is 0.175 e. The highest BCUT2D eigenvalue weighted by Crippen LogP contribution is 2.40. The van der Waals surface area contributed by atoms with Crippen LogP contribution in [0.15, 0.2) is 131 Å². The first-order chi connectivity index (χ1) is 16.1. The minimum absolute atomic E-state index is 0.0692. The zero-order valence-corrected chi connectivity index (χ0v) is 18.9. The maximum atomic E-state index is 12.6. The van der Waals surface area contributed by atoms with E-state index < -0.39 is 15.4 Å². The van der Waals surface area contributed by atoms with Crippen LogP contribution < -0.4 is 0 Å². The molecule has 0 aliphatic heterocycles. The van der Waals surface area contributed by atoms with Crippen molar-refractivity contribution in [3.8, 4) is 0 Å². The number of hydrogen-bond donors (Lipinski definition) is 0. The summed E-state index contributed by atoms with van der Waals surface area (Å²) in [5.74, 6) is -0.444. The second kappa shape index (κ2) is 10.2. The molecule has 0 aliphatic rings. The lowest BCUT2D eigenvalue weighted by Gasteiger charge is -2.30. The Labute approximate surface area is 194 Å². The molecule has 0 saturated heterocycles. The van der Waals surface area contributed by atoms with Gasteiger partial charge >= 0.3 is 0 Å². The summed E-state index contributed by atoms with van der Waals surface area (Å²) >= 11 is 0. The van der Waals surface area contributed by atoms with Crippen LogP contribution in [0.4, 0.5) is 0 Å². The van der Waals surface area contributed by atoms with Crippen molar-refractivity contribution in [2.24, 2.45) is 9.98 Å². The highest BCUT2D eigenvalue weighted by Gasteiger charge is 2.35. The molecule has 0 aromatic heterocycles. The van der Waals surface area contributed by atoms with Gasteiger partial charge in [-0.05, 0) is 22.3 Å². The molecule has 0 unspecified atom stereocenters. The molecular weight excluding hydrogens is 428 g/mol. The fourth-order valence-corrected chi connectivity index (χ4v) is 4.89. The lowest BCUT2D eigenvalue weighted by atomic mass is 9.77. The van der Waals surface area contributed by atoms with Crippen LogP contribution >= 0.6 is 0 Å². The molecule has 4 aromatic carbocycles. The summed E-state index contributed by atoms with van der Waals surface area (Å²) in [4.78, 5) is 8.89. The van der Waals surface area contributed by atoms with Gasteiger partial charge in [0.25, 0.3) is 0 Å². The topological polar surface area (TPSA) is 58.9 Å². The zero-order chi connectivity index (χ0) is 23.0. The molecule has 5 heteroatoms. The standard InChI is InChI=1S/C28H24N2O2S/c31-33(32,21-24-13-5-1-6-14-24)23-29-22-30-28(25-15-7-2-8-16-25,26-17-9-3-10-18-26)27-19-11-4-12-20-27/h1-20H,21,23H2. The third-order valence-corrected chi connectivity index (χ3v) is 6.65. The number of benzene rings is 4. The molecule has 4 nitrogen and oxygen atoms in total. The third-order valence-electron chi connectivity index (χ3n) is 5.35. The first kappa shape index (κ1) is 22.4. The Balaban J connectivity index is 1.76. The summed E-state index contributed by atoms with van der Waals surface area (Å²) in [7, 11) is -3.44. The summed E-state index contributed by atoms with van der Waals surface area (Å²) in [5.41, 5.74) is 2.65. The van der Waals surface area contributed by atoms with Crippen molar-refractivity contribution < 1.29 is 8.42 Å². The molecular formula is C28H24N2O2S. The second-order valence-corrected chi connectivity index (χ2v) is 9.72. The van der Waals surface area contributed by atoms with Gasteiger partial charge in [-0.3, -0.25) is 0 Å². The lowest BCUT2D eigenvalue weighted by molar-refractivity contribution is 0.595. The number of aliphatic imine (C=N–C) groups is 2. The molecule has 0 amide bonds. The molecule has 0 atom stereocenters. The van der Waals surface area contributed by atoms with Gasteiger partial charge < -0.3 is 0 Å². The Hall–Kier alpha value is -3.79. The Morgan fingerprint density at radius 1 is 0.606 bits per heavy atom. The Morgan fingerprint density at radius 3 is 1.42 bits per heavy atom. The van der Waals surface area contributed by atoms with E-state index in [1.807, 2.05) is 109 Å². The van der Waals surface area contributed by atoms with Crippen LogP contribution in [0.25, 0.3) is 0 Å². The molecule has 33 heavy (non-hydrogen) atoms. The average Bonchev–Trinajstić information content (AvgIpc) is 2.86.